The lowest BCUT2D eigenvalue weighted by Gasteiger charge is -2.03. The van der Waals surface area contributed by atoms with E-state index in [0.29, 0.717) is 6.54 Å². The van der Waals surface area contributed by atoms with E-state index in [2.05, 4.69) is 35.8 Å². The fourth-order valence-electron chi connectivity index (χ4n) is 1.24. The first-order valence-corrected chi connectivity index (χ1v) is 8.09. The molecule has 0 aliphatic heterocycles. The van der Waals surface area contributed by atoms with Crippen LogP contribution in [0.25, 0.3) is 0 Å². The molecular formula is C13H25N4P. The highest BCUT2D eigenvalue weighted by molar-refractivity contribution is 7.35. The summed E-state index contributed by atoms with van der Waals surface area (Å²) in [6.07, 6.45) is 0.949. The SMILES string of the molecule is CPC.NC(N)=NCCCNCc1ccccc1. The first kappa shape index (κ1) is 16.9. The van der Waals surface area contributed by atoms with Gasteiger partial charge in [0.25, 0.3) is 0 Å². The van der Waals surface area contributed by atoms with E-state index in [1.807, 2.05) is 18.2 Å². The Kier molecular flexibility index (Phi) is 11.6. The van der Waals surface area contributed by atoms with Crippen molar-refractivity contribution in [1.82, 2.24) is 5.32 Å². The number of rotatable bonds is 6. The van der Waals surface area contributed by atoms with E-state index in [-0.39, 0.29) is 5.96 Å². The van der Waals surface area contributed by atoms with Gasteiger partial charge in [0, 0.05) is 13.1 Å². The normalized spacial score (nSPS) is 9.22. The Morgan fingerprint density at radius 3 is 2.39 bits per heavy atom. The lowest BCUT2D eigenvalue weighted by atomic mass is 10.2. The number of aliphatic imine (C=N–C) groups is 1. The number of nitrogens with one attached hydrogen (secondary N) is 1. The molecule has 0 aliphatic carbocycles. The summed E-state index contributed by atoms with van der Waals surface area (Å²) in [6, 6.07) is 10.3. The zero-order valence-electron chi connectivity index (χ0n) is 11.3. The summed E-state index contributed by atoms with van der Waals surface area (Å²) >= 11 is 0. The highest BCUT2D eigenvalue weighted by Gasteiger charge is 1.90. The minimum Gasteiger partial charge on any atom is -0.370 e. The molecule has 0 fully saturated rings. The fourth-order valence-corrected chi connectivity index (χ4v) is 1.24. The van der Waals surface area contributed by atoms with E-state index in [1.54, 1.807) is 0 Å². The lowest BCUT2D eigenvalue weighted by molar-refractivity contribution is 0.655. The number of nitrogens with zero attached hydrogens (tertiary/aromatic N) is 1. The quantitative estimate of drug-likeness (QED) is 0.315. The van der Waals surface area contributed by atoms with Crippen LogP contribution >= 0.6 is 8.58 Å². The fraction of sp³-hybridized carbons (Fsp3) is 0.462. The third-order valence-electron chi connectivity index (χ3n) is 1.98. The molecule has 0 aromatic heterocycles. The van der Waals surface area contributed by atoms with Crippen molar-refractivity contribution < 1.29 is 0 Å². The molecule has 18 heavy (non-hydrogen) atoms. The molecule has 0 saturated heterocycles. The number of nitrogens with two attached hydrogens (primary N) is 2. The number of hydrogen-bond acceptors (Lipinski definition) is 2. The average molecular weight is 268 g/mol. The minimum atomic E-state index is 0.165. The van der Waals surface area contributed by atoms with Gasteiger partial charge in [-0.3, -0.25) is 4.99 Å². The maximum Gasteiger partial charge on any atom is 0.185 e. The standard InChI is InChI=1S/C11H18N4.C2H7P/c12-11(13)15-8-4-7-14-9-10-5-2-1-3-6-10;1-3-2/h1-3,5-6,14H,4,7-9H2,(H4,12,13,15);3H,1-2H3. The summed E-state index contributed by atoms with van der Waals surface area (Å²) in [6.45, 7) is 6.80. The van der Waals surface area contributed by atoms with Gasteiger partial charge >= 0.3 is 0 Å². The van der Waals surface area contributed by atoms with E-state index in [9.17, 15) is 0 Å². The van der Waals surface area contributed by atoms with Gasteiger partial charge in [-0.25, -0.2) is 0 Å². The monoisotopic (exact) mass is 268 g/mol. The van der Waals surface area contributed by atoms with E-state index >= 15 is 0 Å². The summed E-state index contributed by atoms with van der Waals surface area (Å²) in [4.78, 5) is 3.90. The zero-order valence-corrected chi connectivity index (χ0v) is 12.3. The predicted molar refractivity (Wildman–Crippen MR) is 83.6 cm³/mol. The van der Waals surface area contributed by atoms with Gasteiger partial charge in [0.2, 0.25) is 0 Å². The van der Waals surface area contributed by atoms with Crippen LogP contribution in [-0.4, -0.2) is 32.4 Å². The minimum absolute atomic E-state index is 0.165. The van der Waals surface area contributed by atoms with Gasteiger partial charge < -0.3 is 16.8 Å². The molecule has 0 saturated carbocycles. The zero-order chi connectivity index (χ0) is 13.6. The van der Waals surface area contributed by atoms with Crippen molar-refractivity contribution in [2.75, 3.05) is 26.4 Å². The maximum atomic E-state index is 5.21. The molecule has 0 amide bonds. The van der Waals surface area contributed by atoms with Crippen molar-refractivity contribution in [2.45, 2.75) is 13.0 Å². The van der Waals surface area contributed by atoms with Crippen LogP contribution in [0.1, 0.15) is 12.0 Å². The molecule has 1 aromatic carbocycles. The van der Waals surface area contributed by atoms with Crippen molar-refractivity contribution >= 4 is 14.5 Å². The van der Waals surface area contributed by atoms with Crippen molar-refractivity contribution in [3.8, 4) is 0 Å². The van der Waals surface area contributed by atoms with Gasteiger partial charge in [0.05, 0.1) is 0 Å². The molecule has 0 unspecified atom stereocenters. The van der Waals surface area contributed by atoms with E-state index in [4.69, 9.17) is 11.5 Å². The lowest BCUT2D eigenvalue weighted by Crippen LogP contribution is -2.23. The molecule has 0 bridgehead atoms. The van der Waals surface area contributed by atoms with E-state index in [1.165, 1.54) is 5.56 Å². The molecule has 1 aromatic rings. The number of hydrogen-bond donors (Lipinski definition) is 3. The average Bonchev–Trinajstić information content (AvgIpc) is 2.35. The van der Waals surface area contributed by atoms with Crippen LogP contribution in [0, 0.1) is 0 Å². The molecule has 0 spiro atoms. The second kappa shape index (κ2) is 12.3. The van der Waals surface area contributed by atoms with Gasteiger partial charge in [0.1, 0.15) is 0 Å². The second-order valence-corrected chi connectivity index (χ2v) is 4.82. The third-order valence-corrected chi connectivity index (χ3v) is 1.98. The van der Waals surface area contributed by atoms with Crippen molar-refractivity contribution in [3.63, 3.8) is 0 Å². The molecule has 0 heterocycles. The maximum absolute atomic E-state index is 5.21. The van der Waals surface area contributed by atoms with Crippen LogP contribution in [0.2, 0.25) is 0 Å². The van der Waals surface area contributed by atoms with Gasteiger partial charge in [-0.1, -0.05) is 30.3 Å². The highest BCUT2D eigenvalue weighted by atomic mass is 31.1. The Bertz CT molecular complexity index is 310. The second-order valence-electron chi connectivity index (χ2n) is 3.82. The first-order chi connectivity index (χ1) is 8.70. The van der Waals surface area contributed by atoms with E-state index < -0.39 is 0 Å². The molecule has 0 aliphatic rings. The summed E-state index contributed by atoms with van der Waals surface area (Å²) in [7, 11) is 1.08. The van der Waals surface area contributed by atoms with Crippen LogP contribution < -0.4 is 16.8 Å². The van der Waals surface area contributed by atoms with Gasteiger partial charge in [0.15, 0.2) is 5.96 Å². The first-order valence-electron chi connectivity index (χ1n) is 6.09. The number of benzene rings is 1. The summed E-state index contributed by atoms with van der Waals surface area (Å²) in [5, 5.41) is 3.32. The van der Waals surface area contributed by atoms with Crippen LogP contribution in [0.15, 0.2) is 35.3 Å². The number of guanidine groups is 1. The largest absolute Gasteiger partial charge is 0.370 e. The summed E-state index contributed by atoms with van der Waals surface area (Å²) in [5.41, 5.74) is 11.7. The molecule has 1 rings (SSSR count). The predicted octanol–water partition coefficient (Wildman–Crippen LogP) is 1.36. The van der Waals surface area contributed by atoms with Gasteiger partial charge in [-0.2, -0.15) is 0 Å². The Morgan fingerprint density at radius 1 is 1.22 bits per heavy atom. The van der Waals surface area contributed by atoms with Crippen molar-refractivity contribution in [2.24, 2.45) is 16.5 Å². The Balaban J connectivity index is 0.000000873. The highest BCUT2D eigenvalue weighted by Crippen LogP contribution is 1.96. The van der Waals surface area contributed by atoms with Crippen molar-refractivity contribution in [1.29, 1.82) is 0 Å². The third kappa shape index (κ3) is 11.4. The van der Waals surface area contributed by atoms with Gasteiger partial charge in [-0.15, -0.1) is 8.58 Å². The smallest absolute Gasteiger partial charge is 0.185 e. The van der Waals surface area contributed by atoms with Crippen LogP contribution in [-0.2, 0) is 6.54 Å². The molecule has 4 nitrogen and oxygen atoms in total. The molecule has 5 N–H and O–H groups in total. The van der Waals surface area contributed by atoms with Crippen LogP contribution in [0.4, 0.5) is 0 Å². The van der Waals surface area contributed by atoms with Crippen molar-refractivity contribution in [3.05, 3.63) is 35.9 Å². The molecule has 0 radical (unpaired) electrons. The van der Waals surface area contributed by atoms with Crippen LogP contribution in [0.3, 0.4) is 0 Å². The van der Waals surface area contributed by atoms with Crippen LogP contribution in [0.5, 0.6) is 0 Å². The molecular weight excluding hydrogens is 243 g/mol. The summed E-state index contributed by atoms with van der Waals surface area (Å²) < 4.78 is 0. The Labute approximate surface area is 112 Å². The molecule has 5 heteroatoms. The molecule has 0 atom stereocenters. The van der Waals surface area contributed by atoms with E-state index in [0.717, 1.165) is 28.1 Å². The summed E-state index contributed by atoms with van der Waals surface area (Å²) in [5.74, 6) is 0.165. The Hall–Kier alpha value is -1.12. The van der Waals surface area contributed by atoms with Gasteiger partial charge in [-0.05, 0) is 31.9 Å². The molecule has 102 valence electrons. The topological polar surface area (TPSA) is 76.4 Å². The Morgan fingerprint density at radius 2 is 1.83 bits per heavy atom.